The molecule has 1 unspecified atom stereocenters. The summed E-state index contributed by atoms with van der Waals surface area (Å²) < 4.78 is 16.2. The lowest BCUT2D eigenvalue weighted by Crippen LogP contribution is -2.27. The van der Waals surface area contributed by atoms with Gasteiger partial charge in [0, 0.05) is 31.4 Å². The minimum absolute atomic E-state index is 0.00654. The van der Waals surface area contributed by atoms with Gasteiger partial charge in [0.25, 0.3) is 5.79 Å². The smallest absolute Gasteiger partial charge is 0.336 e. The fourth-order valence-corrected chi connectivity index (χ4v) is 4.36. The topological polar surface area (TPSA) is 143 Å². The Hall–Kier alpha value is -4.08. The predicted molar refractivity (Wildman–Crippen MR) is 148 cm³/mol. The number of carbonyl (C=O) groups excluding carboxylic acids is 2. The van der Waals surface area contributed by atoms with Crippen molar-refractivity contribution in [3.63, 3.8) is 0 Å². The van der Waals surface area contributed by atoms with Crippen molar-refractivity contribution in [1.29, 1.82) is 0 Å². The SMILES string of the molecule is CO[C@]1(c2cc(O)ccc2O)C=C(CCCC(CO)CC/C=C(\C)COC(=O)/C=C/c2ccc(O)cc2)C(=O)O1. The van der Waals surface area contributed by atoms with Crippen LogP contribution in [0.2, 0.25) is 0 Å². The van der Waals surface area contributed by atoms with Crippen molar-refractivity contribution >= 4 is 18.0 Å². The number of esters is 2. The molecule has 1 aliphatic rings. The van der Waals surface area contributed by atoms with E-state index in [9.17, 15) is 30.0 Å². The summed E-state index contributed by atoms with van der Waals surface area (Å²) in [5, 5.41) is 39.2. The molecule has 0 amide bonds. The number of hydrogen-bond acceptors (Lipinski definition) is 9. The number of methoxy groups -OCH3 is 1. The van der Waals surface area contributed by atoms with Gasteiger partial charge in [-0.1, -0.05) is 18.2 Å². The maximum atomic E-state index is 12.5. The fourth-order valence-electron chi connectivity index (χ4n) is 4.36. The van der Waals surface area contributed by atoms with Gasteiger partial charge in [0.05, 0.1) is 5.56 Å². The van der Waals surface area contributed by atoms with Crippen LogP contribution in [-0.4, -0.2) is 52.7 Å². The molecule has 0 aromatic heterocycles. The molecule has 0 saturated carbocycles. The predicted octanol–water partition coefficient (Wildman–Crippen LogP) is 4.85. The van der Waals surface area contributed by atoms with Crippen LogP contribution in [0.15, 0.2) is 71.8 Å². The summed E-state index contributed by atoms with van der Waals surface area (Å²) in [6, 6.07) is 10.4. The minimum Gasteiger partial charge on any atom is -0.508 e. The van der Waals surface area contributed by atoms with Gasteiger partial charge in [-0.3, -0.25) is 0 Å². The van der Waals surface area contributed by atoms with Crippen LogP contribution in [0.4, 0.5) is 0 Å². The third-order valence-corrected chi connectivity index (χ3v) is 6.66. The third-order valence-electron chi connectivity index (χ3n) is 6.66. The molecule has 40 heavy (non-hydrogen) atoms. The van der Waals surface area contributed by atoms with Crippen LogP contribution in [0.5, 0.6) is 17.2 Å². The Bertz CT molecular complexity index is 1260. The number of rotatable bonds is 14. The number of allylic oxidation sites excluding steroid dienone is 1. The highest BCUT2D eigenvalue weighted by Gasteiger charge is 2.44. The van der Waals surface area contributed by atoms with Gasteiger partial charge in [0.1, 0.15) is 23.9 Å². The maximum absolute atomic E-state index is 12.5. The summed E-state index contributed by atoms with van der Waals surface area (Å²) in [6.45, 7) is 2.04. The van der Waals surface area contributed by atoms with Crippen LogP contribution in [0.1, 0.15) is 50.2 Å². The molecule has 2 atom stereocenters. The molecule has 2 aromatic carbocycles. The zero-order valence-corrected chi connectivity index (χ0v) is 22.7. The highest BCUT2D eigenvalue weighted by molar-refractivity contribution is 5.91. The maximum Gasteiger partial charge on any atom is 0.336 e. The van der Waals surface area contributed by atoms with Crippen molar-refractivity contribution in [2.45, 2.75) is 44.8 Å². The largest absolute Gasteiger partial charge is 0.508 e. The molecule has 0 saturated heterocycles. The van der Waals surface area contributed by atoms with Gasteiger partial charge in [-0.25, -0.2) is 9.59 Å². The molecule has 0 bridgehead atoms. The van der Waals surface area contributed by atoms with Gasteiger partial charge in [-0.15, -0.1) is 0 Å². The molecule has 2 aromatic rings. The lowest BCUT2D eigenvalue weighted by atomic mass is 9.95. The number of aliphatic hydroxyl groups is 1. The second-order valence-corrected chi connectivity index (χ2v) is 9.73. The lowest BCUT2D eigenvalue weighted by Gasteiger charge is -2.25. The van der Waals surface area contributed by atoms with Crippen LogP contribution >= 0.6 is 0 Å². The number of cyclic esters (lactones) is 1. The van der Waals surface area contributed by atoms with Crippen LogP contribution in [0.25, 0.3) is 6.08 Å². The molecular weight excluding hydrogens is 516 g/mol. The van der Waals surface area contributed by atoms with Crippen molar-refractivity contribution in [2.24, 2.45) is 5.92 Å². The number of hydrogen-bond donors (Lipinski definition) is 4. The quantitative estimate of drug-likeness (QED) is 0.112. The standard InChI is InChI=1S/C31H36O9/c1-21(20-39-29(36)16-11-22-9-12-25(33)13-10-22)5-3-6-23(19-32)7-4-8-24-18-31(38-2,40-30(24)37)27-17-26(34)14-15-28(27)35/h5,9-18,23,32-35H,3-4,6-8,19-20H2,1-2H3/b16-11+,21-5+/t23?,31-/m1/s1. The molecule has 1 aliphatic heterocycles. The minimum atomic E-state index is -1.61. The summed E-state index contributed by atoms with van der Waals surface area (Å²) in [4.78, 5) is 24.5. The molecular formula is C31H36O9. The van der Waals surface area contributed by atoms with E-state index in [1.165, 1.54) is 49.6 Å². The normalized spacial score (nSPS) is 18.0. The number of carbonyl (C=O) groups is 2. The molecule has 0 aliphatic carbocycles. The Balaban J connectivity index is 1.44. The first kappa shape index (κ1) is 30.5. The second-order valence-electron chi connectivity index (χ2n) is 9.73. The summed E-state index contributed by atoms with van der Waals surface area (Å²) in [7, 11) is 1.35. The molecule has 0 radical (unpaired) electrons. The van der Waals surface area contributed by atoms with E-state index < -0.39 is 17.7 Å². The van der Waals surface area contributed by atoms with E-state index in [0.717, 1.165) is 17.6 Å². The number of aliphatic hydroxyl groups excluding tert-OH is 1. The Kier molecular flexibility index (Phi) is 10.9. The Morgan fingerprint density at radius 2 is 1.80 bits per heavy atom. The van der Waals surface area contributed by atoms with Crippen molar-refractivity contribution in [2.75, 3.05) is 20.3 Å². The zero-order valence-electron chi connectivity index (χ0n) is 22.7. The first-order chi connectivity index (χ1) is 19.2. The van der Waals surface area contributed by atoms with E-state index in [4.69, 9.17) is 14.2 Å². The monoisotopic (exact) mass is 552 g/mol. The molecule has 1 heterocycles. The molecule has 4 N–H and O–H groups in total. The average molecular weight is 553 g/mol. The fraction of sp³-hybridized carbons (Fsp3) is 0.355. The summed E-state index contributed by atoms with van der Waals surface area (Å²) in [5.74, 6) is -2.73. The molecule has 3 rings (SSSR count). The number of phenols is 3. The highest BCUT2D eigenvalue weighted by atomic mass is 16.7. The summed E-state index contributed by atoms with van der Waals surface area (Å²) in [5.41, 5.74) is 2.20. The van der Waals surface area contributed by atoms with Crippen molar-refractivity contribution in [3.8, 4) is 17.2 Å². The summed E-state index contributed by atoms with van der Waals surface area (Å²) in [6.07, 6.45) is 9.59. The van der Waals surface area contributed by atoms with E-state index in [1.807, 2.05) is 13.0 Å². The first-order valence-corrected chi connectivity index (χ1v) is 13.1. The number of aromatic hydroxyl groups is 3. The third kappa shape index (κ3) is 8.46. The Morgan fingerprint density at radius 3 is 2.50 bits per heavy atom. The Labute approximate surface area is 233 Å². The number of benzene rings is 2. The zero-order chi connectivity index (χ0) is 29.1. The number of phenolic OH excluding ortho intramolecular Hbond substituents is 3. The summed E-state index contributed by atoms with van der Waals surface area (Å²) >= 11 is 0. The molecule has 9 heteroatoms. The van der Waals surface area contributed by atoms with E-state index in [-0.39, 0.29) is 41.9 Å². The highest BCUT2D eigenvalue weighted by Crippen LogP contribution is 2.42. The molecule has 9 nitrogen and oxygen atoms in total. The van der Waals surface area contributed by atoms with Crippen LogP contribution in [0, 0.1) is 5.92 Å². The number of ether oxygens (including phenoxy) is 3. The van der Waals surface area contributed by atoms with Gasteiger partial charge < -0.3 is 34.6 Å². The van der Waals surface area contributed by atoms with Crippen LogP contribution < -0.4 is 0 Å². The van der Waals surface area contributed by atoms with Crippen molar-refractivity contribution in [3.05, 3.63) is 83.0 Å². The lowest BCUT2D eigenvalue weighted by molar-refractivity contribution is -0.193. The average Bonchev–Trinajstić information content (AvgIpc) is 3.28. The van der Waals surface area contributed by atoms with E-state index in [2.05, 4.69) is 0 Å². The molecule has 0 spiro atoms. The first-order valence-electron chi connectivity index (χ1n) is 13.1. The van der Waals surface area contributed by atoms with Gasteiger partial charge in [0.2, 0.25) is 0 Å². The van der Waals surface area contributed by atoms with Gasteiger partial charge in [-0.2, -0.15) is 0 Å². The van der Waals surface area contributed by atoms with Crippen LogP contribution in [0.3, 0.4) is 0 Å². The molecule has 214 valence electrons. The van der Waals surface area contributed by atoms with Crippen molar-refractivity contribution < 1.29 is 44.2 Å². The molecule has 0 fully saturated rings. The van der Waals surface area contributed by atoms with Gasteiger partial charge in [-0.05, 0) is 92.5 Å². The van der Waals surface area contributed by atoms with E-state index in [1.54, 1.807) is 18.2 Å². The van der Waals surface area contributed by atoms with Gasteiger partial charge in [0.15, 0.2) is 0 Å². The van der Waals surface area contributed by atoms with Crippen molar-refractivity contribution in [1.82, 2.24) is 0 Å². The van der Waals surface area contributed by atoms with Gasteiger partial charge >= 0.3 is 11.9 Å². The second kappa shape index (κ2) is 14.3. The Morgan fingerprint density at radius 1 is 1.07 bits per heavy atom. The van der Waals surface area contributed by atoms with Crippen LogP contribution in [-0.2, 0) is 29.6 Å². The van der Waals surface area contributed by atoms with E-state index >= 15 is 0 Å². The van der Waals surface area contributed by atoms with E-state index in [0.29, 0.717) is 31.3 Å².